The molecule has 1 aromatic carbocycles. The van der Waals surface area contributed by atoms with E-state index in [-0.39, 0.29) is 5.41 Å². The van der Waals surface area contributed by atoms with Crippen molar-refractivity contribution in [3.63, 3.8) is 0 Å². The average molecular weight is 549 g/mol. The standard InChI is InChI=1S/C33H41ClN2O3/c1-7-25(34)14-12-23(2)33(38)16-19-36(22-31(33,3)4)18-9-11-26-27-10-8-17-35-29(27)21-39-30-15-13-24(20-28(26)30)32(5,6)37/h7-8,10-15,17,20,37-38H,2,9,16,18-19,21-22H2,1,3-6H3/b14-12-,25-7+,26-11-/t33-/m0/s1. The fourth-order valence-electron chi connectivity index (χ4n) is 5.58. The molecule has 0 unspecified atom stereocenters. The van der Waals surface area contributed by atoms with Gasteiger partial charge in [0.25, 0.3) is 0 Å². The van der Waals surface area contributed by atoms with Gasteiger partial charge in [-0.25, -0.2) is 0 Å². The minimum absolute atomic E-state index is 0.386. The van der Waals surface area contributed by atoms with Gasteiger partial charge in [-0.3, -0.25) is 4.98 Å². The normalized spacial score (nSPS) is 22.8. The maximum atomic E-state index is 11.6. The first-order chi connectivity index (χ1) is 18.4. The maximum absolute atomic E-state index is 11.6. The van der Waals surface area contributed by atoms with Gasteiger partial charge in [0, 0.05) is 47.4 Å². The van der Waals surface area contributed by atoms with E-state index in [9.17, 15) is 10.2 Å². The Balaban J connectivity index is 1.56. The number of aromatic nitrogens is 1. The molecule has 0 radical (unpaired) electrons. The Morgan fingerprint density at radius 3 is 2.69 bits per heavy atom. The third-order valence-corrected chi connectivity index (χ3v) is 8.44. The van der Waals surface area contributed by atoms with Gasteiger partial charge in [-0.2, -0.15) is 0 Å². The number of aliphatic hydroxyl groups is 2. The van der Waals surface area contributed by atoms with E-state index >= 15 is 0 Å². The molecule has 1 saturated heterocycles. The Bertz CT molecular complexity index is 1320. The van der Waals surface area contributed by atoms with E-state index < -0.39 is 11.2 Å². The molecule has 0 amide bonds. The van der Waals surface area contributed by atoms with Crippen LogP contribution in [0, 0.1) is 5.41 Å². The van der Waals surface area contributed by atoms with Crippen molar-refractivity contribution in [2.75, 3.05) is 19.6 Å². The first-order valence-corrected chi connectivity index (χ1v) is 14.0. The van der Waals surface area contributed by atoms with Crippen molar-refractivity contribution in [2.45, 2.75) is 65.3 Å². The van der Waals surface area contributed by atoms with E-state index in [0.717, 1.165) is 59.8 Å². The van der Waals surface area contributed by atoms with Gasteiger partial charge in [-0.1, -0.05) is 62.4 Å². The highest BCUT2D eigenvalue weighted by Crippen LogP contribution is 2.44. The minimum Gasteiger partial charge on any atom is -0.487 e. The van der Waals surface area contributed by atoms with Crippen LogP contribution in [-0.2, 0) is 12.2 Å². The molecular weight excluding hydrogens is 508 g/mol. The molecule has 6 heteroatoms. The van der Waals surface area contributed by atoms with Gasteiger partial charge in [0.15, 0.2) is 0 Å². The lowest BCUT2D eigenvalue weighted by molar-refractivity contribution is -0.0885. The molecule has 0 spiro atoms. The number of rotatable bonds is 7. The molecule has 1 fully saturated rings. The summed E-state index contributed by atoms with van der Waals surface area (Å²) in [5, 5.41) is 22.9. The van der Waals surface area contributed by atoms with Gasteiger partial charge in [-0.05, 0) is 74.6 Å². The van der Waals surface area contributed by atoms with Crippen molar-refractivity contribution in [3.05, 3.63) is 100 Å². The second-order valence-corrected chi connectivity index (χ2v) is 12.2. The number of allylic oxidation sites excluding steroid dienone is 3. The first kappa shape index (κ1) is 29.3. The van der Waals surface area contributed by atoms with Crippen LogP contribution in [-0.4, -0.2) is 45.3 Å². The summed E-state index contributed by atoms with van der Waals surface area (Å²) in [6.07, 6.45) is 10.9. The van der Waals surface area contributed by atoms with Crippen molar-refractivity contribution in [1.29, 1.82) is 0 Å². The third kappa shape index (κ3) is 6.22. The van der Waals surface area contributed by atoms with Crippen molar-refractivity contribution >= 4 is 17.2 Å². The zero-order valence-corrected chi connectivity index (χ0v) is 24.6. The largest absolute Gasteiger partial charge is 0.487 e. The highest BCUT2D eigenvalue weighted by atomic mass is 35.5. The number of pyridine rings is 1. The summed E-state index contributed by atoms with van der Waals surface area (Å²) >= 11 is 6.13. The fraction of sp³-hybridized carbons (Fsp3) is 0.424. The summed E-state index contributed by atoms with van der Waals surface area (Å²) in [6, 6.07) is 9.95. The Kier molecular flexibility index (Phi) is 8.58. The summed E-state index contributed by atoms with van der Waals surface area (Å²) in [4.78, 5) is 7.00. The second-order valence-electron chi connectivity index (χ2n) is 11.8. The number of hydrogen-bond acceptors (Lipinski definition) is 5. The Morgan fingerprint density at radius 1 is 1.23 bits per heavy atom. The summed E-state index contributed by atoms with van der Waals surface area (Å²) in [5.74, 6) is 0.793. The molecule has 2 aromatic rings. The Morgan fingerprint density at radius 2 is 2.00 bits per heavy atom. The maximum Gasteiger partial charge on any atom is 0.131 e. The van der Waals surface area contributed by atoms with Crippen LogP contribution in [0.1, 0.15) is 69.8 Å². The topological polar surface area (TPSA) is 65.8 Å². The quantitative estimate of drug-likeness (QED) is 0.375. The van der Waals surface area contributed by atoms with Crippen LogP contribution < -0.4 is 4.74 Å². The number of benzene rings is 1. The molecule has 2 aliphatic rings. The smallest absolute Gasteiger partial charge is 0.131 e. The van der Waals surface area contributed by atoms with Crippen LogP contribution in [0.5, 0.6) is 5.75 Å². The van der Waals surface area contributed by atoms with Gasteiger partial charge in [-0.15, -0.1) is 0 Å². The molecule has 3 heterocycles. The predicted octanol–water partition coefficient (Wildman–Crippen LogP) is 6.74. The van der Waals surface area contributed by atoms with E-state index in [2.05, 4.69) is 42.5 Å². The number of piperidine rings is 1. The van der Waals surface area contributed by atoms with Crippen LogP contribution in [0.3, 0.4) is 0 Å². The van der Waals surface area contributed by atoms with Crippen molar-refractivity contribution in [3.8, 4) is 5.75 Å². The third-order valence-electron chi connectivity index (χ3n) is 8.09. The zero-order valence-electron chi connectivity index (χ0n) is 23.8. The molecule has 208 valence electrons. The number of ether oxygens (including phenoxy) is 1. The average Bonchev–Trinajstić information content (AvgIpc) is 3.05. The molecule has 0 bridgehead atoms. The summed E-state index contributed by atoms with van der Waals surface area (Å²) in [6.45, 7) is 16.6. The predicted molar refractivity (Wildman–Crippen MR) is 160 cm³/mol. The van der Waals surface area contributed by atoms with E-state index in [0.29, 0.717) is 23.6 Å². The van der Waals surface area contributed by atoms with E-state index in [1.54, 1.807) is 26.1 Å². The zero-order chi connectivity index (χ0) is 28.4. The van der Waals surface area contributed by atoms with Crippen LogP contribution in [0.2, 0.25) is 0 Å². The van der Waals surface area contributed by atoms with Crippen LogP contribution in [0.25, 0.3) is 5.57 Å². The molecule has 2 aliphatic heterocycles. The monoisotopic (exact) mass is 548 g/mol. The SMILES string of the molecule is C=C(/C=C\C(Cl)=C/C)[C@@]1(O)CCN(CC/C=C2\c3cc(C(C)(C)O)ccc3OCc3ncccc32)CC1(C)C. The Labute approximate surface area is 238 Å². The molecule has 2 N–H and O–H groups in total. The molecule has 0 saturated carbocycles. The molecule has 4 rings (SSSR count). The number of nitrogens with zero attached hydrogens (tertiary/aromatic N) is 2. The molecular formula is C33H41ClN2O3. The highest BCUT2D eigenvalue weighted by molar-refractivity contribution is 6.31. The summed E-state index contributed by atoms with van der Waals surface area (Å²) in [7, 11) is 0. The lowest BCUT2D eigenvalue weighted by Gasteiger charge is -2.51. The first-order valence-electron chi connectivity index (χ1n) is 13.6. The van der Waals surface area contributed by atoms with Gasteiger partial charge in [0.2, 0.25) is 0 Å². The number of hydrogen-bond donors (Lipinski definition) is 2. The summed E-state index contributed by atoms with van der Waals surface area (Å²) < 4.78 is 6.13. The second kappa shape index (κ2) is 11.4. The molecule has 1 aromatic heterocycles. The number of likely N-dealkylation sites (tertiary alicyclic amines) is 1. The van der Waals surface area contributed by atoms with Gasteiger partial charge in [0.05, 0.1) is 16.9 Å². The van der Waals surface area contributed by atoms with Crippen LogP contribution in [0.4, 0.5) is 0 Å². The van der Waals surface area contributed by atoms with Gasteiger partial charge < -0.3 is 19.8 Å². The van der Waals surface area contributed by atoms with Crippen molar-refractivity contribution in [1.82, 2.24) is 9.88 Å². The summed E-state index contributed by atoms with van der Waals surface area (Å²) in [5.41, 5.74) is 3.18. The van der Waals surface area contributed by atoms with E-state index in [4.69, 9.17) is 16.3 Å². The number of fused-ring (bicyclic) bond motifs is 2. The van der Waals surface area contributed by atoms with Crippen molar-refractivity contribution in [2.24, 2.45) is 5.41 Å². The minimum atomic E-state index is -1.00. The number of halogens is 1. The van der Waals surface area contributed by atoms with Crippen molar-refractivity contribution < 1.29 is 14.9 Å². The molecule has 39 heavy (non-hydrogen) atoms. The molecule has 1 atom stereocenters. The van der Waals surface area contributed by atoms with Crippen LogP contribution in [0.15, 0.2) is 78.0 Å². The van der Waals surface area contributed by atoms with Gasteiger partial charge in [0.1, 0.15) is 12.4 Å². The van der Waals surface area contributed by atoms with E-state index in [1.165, 1.54) is 0 Å². The van der Waals surface area contributed by atoms with Crippen LogP contribution >= 0.6 is 11.6 Å². The fourth-order valence-corrected chi connectivity index (χ4v) is 5.64. The highest BCUT2D eigenvalue weighted by Gasteiger charge is 2.48. The van der Waals surface area contributed by atoms with E-state index in [1.807, 2.05) is 43.3 Å². The lowest BCUT2D eigenvalue weighted by atomic mass is 9.66. The lowest BCUT2D eigenvalue weighted by Crippen LogP contribution is -2.58. The molecule has 5 nitrogen and oxygen atoms in total. The molecule has 0 aliphatic carbocycles. The van der Waals surface area contributed by atoms with Gasteiger partial charge >= 0.3 is 0 Å². The Hall–Kier alpha value is -2.70.